The van der Waals surface area contributed by atoms with Gasteiger partial charge in [0.15, 0.2) is 0 Å². The maximum atomic E-state index is 12.8. The highest BCUT2D eigenvalue weighted by molar-refractivity contribution is 7.17. The van der Waals surface area contributed by atoms with Crippen molar-refractivity contribution in [1.29, 1.82) is 0 Å². The van der Waals surface area contributed by atoms with Gasteiger partial charge in [0.05, 0.1) is 18.2 Å². The number of carbonyl (C=O) groups excluding carboxylic acids is 3. The molecule has 0 spiro atoms. The van der Waals surface area contributed by atoms with Gasteiger partial charge in [0.1, 0.15) is 5.00 Å². The summed E-state index contributed by atoms with van der Waals surface area (Å²) >= 11 is 1.39. The van der Waals surface area contributed by atoms with Gasteiger partial charge < -0.3 is 15.8 Å². The Bertz CT molecular complexity index is 1150. The van der Waals surface area contributed by atoms with Crippen LogP contribution in [-0.2, 0) is 17.6 Å². The molecule has 1 aliphatic rings. The minimum absolute atomic E-state index is 0.351. The van der Waals surface area contributed by atoms with E-state index in [1.54, 1.807) is 12.1 Å². The molecule has 0 fully saturated rings. The van der Waals surface area contributed by atoms with Crippen LogP contribution in [0.5, 0.6) is 0 Å². The maximum absolute atomic E-state index is 12.8. The quantitative estimate of drug-likeness (QED) is 0.622. The van der Waals surface area contributed by atoms with E-state index in [2.05, 4.69) is 16.1 Å². The summed E-state index contributed by atoms with van der Waals surface area (Å²) in [5.41, 5.74) is 9.81. The molecule has 4 rings (SSSR count). The molecule has 3 aromatic rings. The first-order valence-corrected chi connectivity index (χ1v) is 10.3. The third-order valence-corrected chi connectivity index (χ3v) is 6.32. The third-order valence-electron chi connectivity index (χ3n) is 5.16. The van der Waals surface area contributed by atoms with Crippen molar-refractivity contribution in [3.05, 3.63) is 75.7 Å². The lowest BCUT2D eigenvalue weighted by Crippen LogP contribution is -2.17. The van der Waals surface area contributed by atoms with Crippen molar-refractivity contribution in [2.75, 3.05) is 12.4 Å². The number of carbonyl (C=O) groups is 3. The number of esters is 1. The van der Waals surface area contributed by atoms with Crippen LogP contribution in [0.15, 0.2) is 48.5 Å². The number of primary amides is 1. The van der Waals surface area contributed by atoms with Gasteiger partial charge in [-0.1, -0.05) is 24.3 Å². The fraction of sp³-hybridized carbons (Fsp3) is 0.174. The van der Waals surface area contributed by atoms with E-state index >= 15 is 0 Å². The third kappa shape index (κ3) is 3.59. The summed E-state index contributed by atoms with van der Waals surface area (Å²) in [5.74, 6) is -1.42. The zero-order chi connectivity index (χ0) is 21.3. The van der Waals surface area contributed by atoms with E-state index in [9.17, 15) is 14.4 Å². The van der Waals surface area contributed by atoms with Crippen molar-refractivity contribution < 1.29 is 19.1 Å². The van der Waals surface area contributed by atoms with Crippen LogP contribution in [0.3, 0.4) is 0 Å². The van der Waals surface area contributed by atoms with Crippen molar-refractivity contribution in [1.82, 2.24) is 0 Å². The molecule has 1 heterocycles. The summed E-state index contributed by atoms with van der Waals surface area (Å²) in [5, 5.41) is 3.29. The molecule has 2 amide bonds. The number of hydrogen-bond acceptors (Lipinski definition) is 5. The van der Waals surface area contributed by atoms with E-state index in [0.717, 1.165) is 35.3 Å². The van der Waals surface area contributed by atoms with Crippen LogP contribution in [-0.4, -0.2) is 24.9 Å². The topological polar surface area (TPSA) is 98.5 Å². The Morgan fingerprint density at radius 1 is 1.00 bits per heavy atom. The molecule has 0 saturated carbocycles. The minimum atomic E-state index is -0.569. The number of hydrogen-bond donors (Lipinski definition) is 2. The van der Waals surface area contributed by atoms with Gasteiger partial charge in [0.2, 0.25) is 0 Å². The number of aryl methyl sites for hydroxylation is 2. The first kappa shape index (κ1) is 19.8. The van der Waals surface area contributed by atoms with Gasteiger partial charge >= 0.3 is 5.97 Å². The monoisotopic (exact) mass is 420 g/mol. The minimum Gasteiger partial charge on any atom is -0.465 e. The van der Waals surface area contributed by atoms with Crippen LogP contribution in [0.2, 0.25) is 0 Å². The van der Waals surface area contributed by atoms with Gasteiger partial charge in [0, 0.05) is 16.0 Å². The molecule has 30 heavy (non-hydrogen) atoms. The van der Waals surface area contributed by atoms with Crippen molar-refractivity contribution >= 4 is 34.1 Å². The van der Waals surface area contributed by atoms with Crippen LogP contribution in [0, 0.1) is 0 Å². The van der Waals surface area contributed by atoms with E-state index in [-0.39, 0.29) is 5.91 Å². The lowest BCUT2D eigenvalue weighted by molar-refractivity contribution is 0.0600. The summed E-state index contributed by atoms with van der Waals surface area (Å²) < 4.78 is 4.67. The molecule has 0 aliphatic heterocycles. The average Bonchev–Trinajstić information content (AvgIpc) is 3.01. The van der Waals surface area contributed by atoms with Crippen LogP contribution >= 0.6 is 11.3 Å². The van der Waals surface area contributed by atoms with Crippen molar-refractivity contribution in [3.63, 3.8) is 0 Å². The Morgan fingerprint density at radius 3 is 2.40 bits per heavy atom. The summed E-state index contributed by atoms with van der Waals surface area (Å²) in [4.78, 5) is 37.8. The van der Waals surface area contributed by atoms with Crippen LogP contribution in [0.25, 0.3) is 11.1 Å². The fourth-order valence-electron chi connectivity index (χ4n) is 3.73. The van der Waals surface area contributed by atoms with E-state index in [0.29, 0.717) is 21.7 Å². The normalized spacial score (nSPS) is 12.3. The number of nitrogens with two attached hydrogens (primary N) is 1. The highest BCUT2D eigenvalue weighted by atomic mass is 32.1. The SMILES string of the molecule is COC(=O)c1ccc(C(=O)Nc2sc3c(c2C(N)=O)-c2ccccc2CCC3)cc1. The zero-order valence-electron chi connectivity index (χ0n) is 16.4. The van der Waals surface area contributed by atoms with Crippen molar-refractivity contribution in [3.8, 4) is 11.1 Å². The number of thiophene rings is 1. The van der Waals surface area contributed by atoms with Gasteiger partial charge in [-0.2, -0.15) is 0 Å². The van der Waals surface area contributed by atoms with E-state index in [1.165, 1.54) is 36.1 Å². The first-order valence-electron chi connectivity index (χ1n) is 9.53. The molecule has 0 radical (unpaired) electrons. The van der Waals surface area contributed by atoms with E-state index in [4.69, 9.17) is 5.73 Å². The van der Waals surface area contributed by atoms with Crippen LogP contribution < -0.4 is 11.1 Å². The highest BCUT2D eigenvalue weighted by Gasteiger charge is 2.27. The number of methoxy groups -OCH3 is 1. The standard InChI is InChI=1S/C23H20N2O4S/c1-29-23(28)15-11-9-14(10-12-15)21(27)25-22-19(20(24)26)18-16-7-3-2-5-13(16)6-4-8-17(18)30-22/h2-3,5,7,9-12H,4,6,8H2,1H3,(H2,24,26)(H,25,27). The average molecular weight is 420 g/mol. The van der Waals surface area contributed by atoms with Crippen molar-refractivity contribution in [2.45, 2.75) is 19.3 Å². The molecule has 2 aromatic carbocycles. The molecule has 6 nitrogen and oxygen atoms in total. The van der Waals surface area contributed by atoms with Crippen LogP contribution in [0.4, 0.5) is 5.00 Å². The van der Waals surface area contributed by atoms with Gasteiger partial charge in [0.25, 0.3) is 11.8 Å². The predicted molar refractivity (Wildman–Crippen MR) is 116 cm³/mol. The zero-order valence-corrected chi connectivity index (χ0v) is 17.2. The summed E-state index contributed by atoms with van der Waals surface area (Å²) in [7, 11) is 1.30. The molecular formula is C23H20N2O4S. The summed E-state index contributed by atoms with van der Waals surface area (Å²) in [6.07, 6.45) is 2.72. The molecule has 152 valence electrons. The van der Waals surface area contributed by atoms with Crippen molar-refractivity contribution in [2.24, 2.45) is 5.73 Å². The number of rotatable bonds is 4. The Balaban J connectivity index is 1.70. The van der Waals surface area contributed by atoms with Gasteiger partial charge in [-0.15, -0.1) is 11.3 Å². The second-order valence-electron chi connectivity index (χ2n) is 7.00. The smallest absolute Gasteiger partial charge is 0.337 e. The fourth-order valence-corrected chi connectivity index (χ4v) is 4.99. The largest absolute Gasteiger partial charge is 0.465 e. The van der Waals surface area contributed by atoms with E-state index < -0.39 is 11.9 Å². The molecule has 1 aliphatic carbocycles. The molecule has 0 bridgehead atoms. The Kier molecular flexibility index (Phi) is 5.37. The molecule has 0 saturated heterocycles. The molecular weight excluding hydrogens is 400 g/mol. The highest BCUT2D eigenvalue weighted by Crippen LogP contribution is 2.44. The van der Waals surface area contributed by atoms with Gasteiger partial charge in [-0.3, -0.25) is 9.59 Å². The number of ether oxygens (including phenoxy) is 1. The predicted octanol–water partition coefficient (Wildman–Crippen LogP) is 4.04. The Hall–Kier alpha value is -3.45. The van der Waals surface area contributed by atoms with Gasteiger partial charge in [-0.05, 0) is 54.7 Å². The van der Waals surface area contributed by atoms with Gasteiger partial charge in [-0.25, -0.2) is 4.79 Å². The molecule has 1 aromatic heterocycles. The Labute approximate surface area is 177 Å². The molecule has 3 N–H and O–H groups in total. The molecule has 0 unspecified atom stereocenters. The Morgan fingerprint density at radius 2 is 1.70 bits per heavy atom. The summed E-state index contributed by atoms with van der Waals surface area (Å²) in [6.45, 7) is 0. The number of fused-ring (bicyclic) bond motifs is 3. The van der Waals surface area contributed by atoms with E-state index in [1.807, 2.05) is 18.2 Å². The number of anilines is 1. The molecule has 0 atom stereocenters. The second-order valence-corrected chi connectivity index (χ2v) is 8.11. The maximum Gasteiger partial charge on any atom is 0.337 e. The lowest BCUT2D eigenvalue weighted by atomic mass is 9.96. The first-order chi connectivity index (χ1) is 14.5. The number of nitrogens with one attached hydrogen (secondary N) is 1. The lowest BCUT2D eigenvalue weighted by Gasteiger charge is -2.09. The summed E-state index contributed by atoms with van der Waals surface area (Å²) in [6, 6.07) is 14.1. The second kappa shape index (κ2) is 8.12. The number of benzene rings is 2. The number of amides is 2. The molecule has 7 heteroatoms. The van der Waals surface area contributed by atoms with Crippen LogP contribution in [0.1, 0.15) is 47.9 Å².